The van der Waals surface area contributed by atoms with E-state index in [0.29, 0.717) is 18.4 Å². The monoisotopic (exact) mass is 320 g/mol. The molecule has 0 amide bonds. The van der Waals surface area contributed by atoms with Crippen molar-refractivity contribution >= 4 is 5.78 Å². The fraction of sp³-hybridized carbons (Fsp3) is 0.632. The van der Waals surface area contributed by atoms with Crippen molar-refractivity contribution < 1.29 is 19.7 Å². The Hall–Kier alpha value is -1.23. The molecule has 1 aromatic carbocycles. The van der Waals surface area contributed by atoms with Gasteiger partial charge in [-0.3, -0.25) is 4.79 Å². The van der Waals surface area contributed by atoms with Gasteiger partial charge in [-0.15, -0.1) is 0 Å². The number of aliphatic hydroxyl groups is 1. The van der Waals surface area contributed by atoms with Gasteiger partial charge >= 0.3 is 0 Å². The lowest BCUT2D eigenvalue weighted by Crippen LogP contribution is -2.35. The number of Topliss-reactive ketones (excluding diaryl/α,β-unsaturated/α-hetero) is 1. The molecule has 0 atom stereocenters. The van der Waals surface area contributed by atoms with Gasteiger partial charge in [0.2, 0.25) is 0 Å². The molecule has 1 aromatic rings. The molecular formula is C19H28O4. The van der Waals surface area contributed by atoms with Crippen LogP contribution in [-0.2, 0) is 15.4 Å². The van der Waals surface area contributed by atoms with Gasteiger partial charge < -0.3 is 5.11 Å². The van der Waals surface area contributed by atoms with Crippen LogP contribution < -0.4 is 0 Å². The molecule has 0 aliphatic heterocycles. The van der Waals surface area contributed by atoms with Crippen LogP contribution in [-0.4, -0.2) is 22.1 Å². The molecule has 4 heteroatoms. The molecule has 0 saturated heterocycles. The van der Waals surface area contributed by atoms with Gasteiger partial charge in [0.1, 0.15) is 11.2 Å². The number of hydrogen-bond acceptors (Lipinski definition) is 4. The molecule has 0 aromatic heterocycles. The summed E-state index contributed by atoms with van der Waals surface area (Å²) in [5.41, 5.74) is -0.733. The highest BCUT2D eigenvalue weighted by Crippen LogP contribution is 2.33. The van der Waals surface area contributed by atoms with Gasteiger partial charge in [0.25, 0.3) is 0 Å². The minimum atomic E-state index is -1.18. The molecule has 23 heavy (non-hydrogen) atoms. The number of rotatable bonds is 5. The summed E-state index contributed by atoms with van der Waals surface area (Å²) in [6, 6.07) is 7.24. The number of hydrogen-bond donors (Lipinski definition) is 1. The molecule has 4 nitrogen and oxygen atoms in total. The minimum Gasteiger partial charge on any atom is -0.382 e. The number of carbonyl (C=O) groups excluding carboxylic acids is 1. The quantitative estimate of drug-likeness (QED) is 0.503. The largest absolute Gasteiger partial charge is 0.382 e. The molecule has 1 N–H and O–H groups in total. The highest BCUT2D eigenvalue weighted by molar-refractivity contribution is 6.02. The second-order valence-corrected chi connectivity index (χ2v) is 7.93. The third-order valence-electron chi connectivity index (χ3n) is 4.20. The maximum atomic E-state index is 12.5. The van der Waals surface area contributed by atoms with Crippen molar-refractivity contribution in [3.8, 4) is 0 Å². The van der Waals surface area contributed by atoms with E-state index in [2.05, 4.69) is 0 Å². The Bertz CT molecular complexity index is 546. The van der Waals surface area contributed by atoms with E-state index < -0.39 is 11.2 Å². The summed E-state index contributed by atoms with van der Waals surface area (Å²) in [7, 11) is 0. The molecule has 2 rings (SSSR count). The van der Waals surface area contributed by atoms with Crippen molar-refractivity contribution in [2.45, 2.75) is 77.1 Å². The van der Waals surface area contributed by atoms with Gasteiger partial charge in [0.15, 0.2) is 5.78 Å². The molecule has 1 fully saturated rings. The molecule has 1 aliphatic carbocycles. The Kier molecular flexibility index (Phi) is 5.00. The smallest absolute Gasteiger partial charge is 0.194 e. The van der Waals surface area contributed by atoms with E-state index in [4.69, 9.17) is 9.78 Å². The van der Waals surface area contributed by atoms with Crippen molar-refractivity contribution in [2.75, 3.05) is 0 Å². The number of carbonyl (C=O) groups is 1. The fourth-order valence-electron chi connectivity index (χ4n) is 2.76. The average molecular weight is 320 g/mol. The lowest BCUT2D eigenvalue weighted by molar-refractivity contribution is -0.401. The van der Waals surface area contributed by atoms with Gasteiger partial charge in [-0.2, -0.15) is 0 Å². The number of ketones is 1. The van der Waals surface area contributed by atoms with E-state index in [1.165, 1.54) is 0 Å². The van der Waals surface area contributed by atoms with Crippen LogP contribution in [0.3, 0.4) is 0 Å². The van der Waals surface area contributed by atoms with E-state index in [0.717, 1.165) is 18.4 Å². The first kappa shape index (κ1) is 18.1. The van der Waals surface area contributed by atoms with Crippen molar-refractivity contribution in [2.24, 2.45) is 0 Å². The van der Waals surface area contributed by atoms with Crippen molar-refractivity contribution in [1.82, 2.24) is 0 Å². The summed E-state index contributed by atoms with van der Waals surface area (Å²) in [5, 5.41) is 10.4. The predicted molar refractivity (Wildman–Crippen MR) is 89.1 cm³/mol. The Morgan fingerprint density at radius 1 is 1.00 bits per heavy atom. The van der Waals surface area contributed by atoms with Gasteiger partial charge in [0, 0.05) is 5.56 Å². The first-order valence-electron chi connectivity index (χ1n) is 8.28. The zero-order chi connectivity index (χ0) is 17.3. The van der Waals surface area contributed by atoms with Gasteiger partial charge in [0.05, 0.1) is 5.60 Å². The molecule has 0 heterocycles. The second kappa shape index (κ2) is 6.34. The maximum absolute atomic E-state index is 12.5. The zero-order valence-electron chi connectivity index (χ0n) is 14.8. The van der Waals surface area contributed by atoms with E-state index in [1.807, 2.05) is 46.8 Å². The van der Waals surface area contributed by atoms with Crippen molar-refractivity contribution in [1.29, 1.82) is 0 Å². The molecule has 0 unspecified atom stereocenters. The SMILES string of the molecule is CC(C)(C)OOC(C)(C)c1ccc(C(=O)C2(O)CCCC2)cc1. The van der Waals surface area contributed by atoms with Crippen LogP contribution in [0.15, 0.2) is 24.3 Å². The van der Waals surface area contributed by atoms with E-state index in [-0.39, 0.29) is 11.4 Å². The molecule has 0 radical (unpaired) electrons. The second-order valence-electron chi connectivity index (χ2n) is 7.93. The summed E-state index contributed by atoms with van der Waals surface area (Å²) < 4.78 is 0. The lowest BCUT2D eigenvalue weighted by atomic mass is 9.89. The van der Waals surface area contributed by atoms with E-state index in [9.17, 15) is 9.90 Å². The van der Waals surface area contributed by atoms with Crippen LogP contribution in [0.1, 0.15) is 76.2 Å². The zero-order valence-corrected chi connectivity index (χ0v) is 14.8. The third-order valence-corrected chi connectivity index (χ3v) is 4.20. The topological polar surface area (TPSA) is 55.8 Å². The Balaban J connectivity index is 2.11. The van der Waals surface area contributed by atoms with Crippen LogP contribution in [0.5, 0.6) is 0 Å². The molecule has 1 saturated carbocycles. The molecule has 0 bridgehead atoms. The van der Waals surface area contributed by atoms with E-state index >= 15 is 0 Å². The molecule has 0 spiro atoms. The summed E-state index contributed by atoms with van der Waals surface area (Å²) in [6.45, 7) is 9.60. The third kappa shape index (κ3) is 4.40. The highest BCUT2D eigenvalue weighted by atomic mass is 17.2. The first-order valence-corrected chi connectivity index (χ1v) is 8.28. The van der Waals surface area contributed by atoms with Crippen molar-refractivity contribution in [3.05, 3.63) is 35.4 Å². The van der Waals surface area contributed by atoms with Gasteiger partial charge in [-0.05, 0) is 65.9 Å². The van der Waals surface area contributed by atoms with Gasteiger partial charge in [-0.25, -0.2) is 9.78 Å². The van der Waals surface area contributed by atoms with Crippen molar-refractivity contribution in [3.63, 3.8) is 0 Å². The Labute approximate surface area is 138 Å². The first-order chi connectivity index (χ1) is 10.5. The Morgan fingerprint density at radius 2 is 1.52 bits per heavy atom. The van der Waals surface area contributed by atoms with Crippen LogP contribution >= 0.6 is 0 Å². The lowest BCUT2D eigenvalue weighted by Gasteiger charge is -2.29. The molecule has 128 valence electrons. The summed E-state index contributed by atoms with van der Waals surface area (Å²) in [6.07, 6.45) is 2.93. The fourth-order valence-corrected chi connectivity index (χ4v) is 2.76. The molecular weight excluding hydrogens is 292 g/mol. The van der Waals surface area contributed by atoms with E-state index in [1.54, 1.807) is 12.1 Å². The minimum absolute atomic E-state index is 0.175. The summed E-state index contributed by atoms with van der Waals surface area (Å²) >= 11 is 0. The van der Waals surface area contributed by atoms with Crippen LogP contribution in [0.2, 0.25) is 0 Å². The van der Waals surface area contributed by atoms with Gasteiger partial charge in [-0.1, -0.05) is 24.3 Å². The van der Waals surface area contributed by atoms with Crippen LogP contribution in [0, 0.1) is 0 Å². The number of benzene rings is 1. The summed E-state index contributed by atoms with van der Waals surface area (Å²) in [4.78, 5) is 23.5. The molecule has 1 aliphatic rings. The standard InChI is InChI=1S/C19H28O4/c1-17(2,3)22-23-18(4,5)15-10-8-14(9-11-15)16(20)19(21)12-6-7-13-19/h8-11,21H,6-7,12-13H2,1-5H3. The maximum Gasteiger partial charge on any atom is 0.194 e. The average Bonchev–Trinajstić information content (AvgIpc) is 2.92. The predicted octanol–water partition coefficient (Wildman–Crippen LogP) is 4.16. The highest BCUT2D eigenvalue weighted by Gasteiger charge is 2.39. The normalized spacial score (nSPS) is 18.2. The van der Waals surface area contributed by atoms with Crippen LogP contribution in [0.4, 0.5) is 0 Å². The van der Waals surface area contributed by atoms with Crippen LogP contribution in [0.25, 0.3) is 0 Å². The summed E-state index contributed by atoms with van der Waals surface area (Å²) in [5.74, 6) is -0.175. The Morgan fingerprint density at radius 3 is 2.00 bits per heavy atom.